The molecule has 0 aromatic heterocycles. The Labute approximate surface area is 199 Å². The van der Waals surface area contributed by atoms with E-state index < -0.39 is 9.84 Å². The van der Waals surface area contributed by atoms with Crippen LogP contribution < -0.4 is 10.1 Å². The summed E-state index contributed by atoms with van der Waals surface area (Å²) in [7, 11) is -3.25. The van der Waals surface area contributed by atoms with E-state index >= 15 is 0 Å². The van der Waals surface area contributed by atoms with Crippen molar-refractivity contribution in [2.75, 3.05) is 11.1 Å². The zero-order valence-electron chi connectivity index (χ0n) is 18.4. The van der Waals surface area contributed by atoms with Gasteiger partial charge in [-0.2, -0.15) is 0 Å². The molecular weight excluding hydrogens is 458 g/mol. The molecule has 1 saturated carbocycles. The normalized spacial score (nSPS) is 14.8. The number of hydrogen-bond acceptors (Lipinski definition) is 4. The zero-order chi connectivity index (χ0) is 23.5. The van der Waals surface area contributed by atoms with Crippen molar-refractivity contribution >= 4 is 33.0 Å². The van der Waals surface area contributed by atoms with Crippen LogP contribution in [0.25, 0.3) is 0 Å². The summed E-state index contributed by atoms with van der Waals surface area (Å²) >= 11 is 6.02. The van der Waals surface area contributed by atoms with Crippen LogP contribution in [-0.2, 0) is 26.7 Å². The quantitative estimate of drug-likeness (QED) is 0.441. The molecule has 1 N–H and O–H groups in total. The van der Waals surface area contributed by atoms with E-state index in [2.05, 4.69) is 5.32 Å². The van der Waals surface area contributed by atoms with Crippen molar-refractivity contribution in [1.82, 2.24) is 0 Å². The Kier molecular flexibility index (Phi) is 6.77. The van der Waals surface area contributed by atoms with Crippen LogP contribution in [0, 0.1) is 0 Å². The first-order chi connectivity index (χ1) is 15.8. The van der Waals surface area contributed by atoms with Gasteiger partial charge in [0.15, 0.2) is 9.84 Å². The van der Waals surface area contributed by atoms with E-state index in [1.807, 2.05) is 48.5 Å². The van der Waals surface area contributed by atoms with Crippen LogP contribution in [0.3, 0.4) is 0 Å². The maximum Gasteiger partial charge on any atom is 0.228 e. The number of ether oxygens (including phenoxy) is 1. The number of halogens is 1. The second-order valence-corrected chi connectivity index (χ2v) is 11.0. The van der Waals surface area contributed by atoms with Gasteiger partial charge in [0, 0.05) is 10.7 Å². The highest BCUT2D eigenvalue weighted by Crippen LogP contribution is 2.45. The van der Waals surface area contributed by atoms with Gasteiger partial charge >= 0.3 is 0 Å². The van der Waals surface area contributed by atoms with Crippen molar-refractivity contribution in [3.8, 4) is 5.75 Å². The molecule has 172 valence electrons. The summed E-state index contributed by atoms with van der Waals surface area (Å²) in [5.74, 6) is 0.620. The highest BCUT2D eigenvalue weighted by Gasteiger charge is 2.41. The first-order valence-electron chi connectivity index (χ1n) is 11.0. The topological polar surface area (TPSA) is 72.5 Å². The summed E-state index contributed by atoms with van der Waals surface area (Å²) < 4.78 is 30.2. The van der Waals surface area contributed by atoms with E-state index in [1.165, 1.54) is 0 Å². The lowest BCUT2D eigenvalue weighted by atomic mass is 9.75. The van der Waals surface area contributed by atoms with Crippen LogP contribution in [0.1, 0.15) is 37.3 Å². The predicted octanol–water partition coefficient (Wildman–Crippen LogP) is 5.77. The van der Waals surface area contributed by atoms with Gasteiger partial charge in [-0.05, 0) is 78.9 Å². The lowest BCUT2D eigenvalue weighted by Crippen LogP contribution is -2.40. The minimum absolute atomic E-state index is 0.0490. The van der Waals surface area contributed by atoms with Crippen LogP contribution in [0.15, 0.2) is 77.7 Å². The molecule has 0 aliphatic heterocycles. The first-order valence-corrected chi connectivity index (χ1v) is 13.0. The fourth-order valence-corrected chi connectivity index (χ4v) is 4.92. The number of amides is 1. The van der Waals surface area contributed by atoms with Crippen LogP contribution in [0.5, 0.6) is 5.75 Å². The second-order valence-electron chi connectivity index (χ2n) is 8.25. The van der Waals surface area contributed by atoms with E-state index in [-0.39, 0.29) is 28.6 Å². The molecule has 0 saturated heterocycles. The number of nitrogens with one attached hydrogen (secondary N) is 1. The largest absolute Gasteiger partial charge is 0.483 e. The molecule has 0 unspecified atom stereocenters. The van der Waals surface area contributed by atoms with Gasteiger partial charge in [0.05, 0.1) is 17.1 Å². The van der Waals surface area contributed by atoms with Crippen LogP contribution in [0.2, 0.25) is 5.02 Å². The third kappa shape index (κ3) is 5.40. The van der Waals surface area contributed by atoms with Crippen molar-refractivity contribution in [2.24, 2.45) is 0 Å². The third-order valence-electron chi connectivity index (χ3n) is 6.01. The lowest BCUT2D eigenvalue weighted by Gasteiger charge is -2.42. The molecule has 0 heterocycles. The van der Waals surface area contributed by atoms with E-state index in [0.717, 1.165) is 36.1 Å². The summed E-state index contributed by atoms with van der Waals surface area (Å²) in [6.07, 6.45) is 3.17. The van der Waals surface area contributed by atoms with Gasteiger partial charge in [-0.1, -0.05) is 42.8 Å². The summed E-state index contributed by atoms with van der Waals surface area (Å²) in [5, 5.41) is 3.58. The van der Waals surface area contributed by atoms with Crippen molar-refractivity contribution in [1.29, 1.82) is 0 Å². The fraction of sp³-hybridized carbons (Fsp3) is 0.269. The zero-order valence-corrected chi connectivity index (χ0v) is 20.0. The van der Waals surface area contributed by atoms with Crippen molar-refractivity contribution < 1.29 is 17.9 Å². The number of carbonyl (C=O) groups excluding carboxylic acids is 1. The molecule has 0 spiro atoms. The van der Waals surface area contributed by atoms with Gasteiger partial charge in [0.2, 0.25) is 5.91 Å². The van der Waals surface area contributed by atoms with Crippen LogP contribution >= 0.6 is 11.6 Å². The Morgan fingerprint density at radius 1 is 0.970 bits per heavy atom. The Balaban J connectivity index is 1.36. The number of hydrogen-bond donors (Lipinski definition) is 1. The molecule has 5 nitrogen and oxygen atoms in total. The number of benzene rings is 3. The Morgan fingerprint density at radius 2 is 1.61 bits per heavy atom. The third-order valence-corrected chi connectivity index (χ3v) is 8.01. The highest BCUT2D eigenvalue weighted by molar-refractivity contribution is 7.91. The monoisotopic (exact) mass is 483 g/mol. The molecule has 0 atom stereocenters. The van der Waals surface area contributed by atoms with Crippen molar-refractivity contribution in [3.63, 3.8) is 0 Å². The molecule has 1 amide bonds. The number of carbonyl (C=O) groups is 1. The highest BCUT2D eigenvalue weighted by atomic mass is 35.5. The molecule has 4 rings (SSSR count). The van der Waals surface area contributed by atoms with Gasteiger partial charge in [-0.15, -0.1) is 0 Å². The Bertz CT molecular complexity index is 1220. The van der Waals surface area contributed by atoms with Gasteiger partial charge in [-0.25, -0.2) is 8.42 Å². The van der Waals surface area contributed by atoms with Gasteiger partial charge in [0.25, 0.3) is 0 Å². The molecular formula is C26H26ClNO4S. The molecule has 1 aliphatic rings. The van der Waals surface area contributed by atoms with Crippen LogP contribution in [-0.4, -0.2) is 20.1 Å². The molecule has 1 aliphatic carbocycles. The maximum absolute atomic E-state index is 12.4. The average Bonchev–Trinajstić information content (AvgIpc) is 2.78. The van der Waals surface area contributed by atoms with Crippen LogP contribution in [0.4, 0.5) is 5.69 Å². The molecule has 3 aromatic carbocycles. The first kappa shape index (κ1) is 23.3. The summed E-state index contributed by atoms with van der Waals surface area (Å²) in [4.78, 5) is 12.7. The number of sulfone groups is 1. The van der Waals surface area contributed by atoms with E-state index in [1.54, 1.807) is 31.2 Å². The molecule has 7 heteroatoms. The van der Waals surface area contributed by atoms with Crippen molar-refractivity contribution in [2.45, 2.75) is 43.1 Å². The Morgan fingerprint density at radius 3 is 2.15 bits per heavy atom. The van der Waals surface area contributed by atoms with E-state index in [4.69, 9.17) is 16.3 Å². The summed E-state index contributed by atoms with van der Waals surface area (Å²) in [5.41, 5.74) is 2.21. The van der Waals surface area contributed by atoms with Gasteiger partial charge in [0.1, 0.15) is 11.4 Å². The number of anilines is 1. The van der Waals surface area contributed by atoms with E-state index in [0.29, 0.717) is 10.7 Å². The molecule has 0 bridgehead atoms. The Hall–Kier alpha value is -2.83. The number of rotatable bonds is 8. The fourth-order valence-electron chi connectivity index (χ4n) is 3.90. The molecule has 33 heavy (non-hydrogen) atoms. The SMILES string of the molecule is CCS(=O)(=O)c1ccc(CC(=O)Nc2ccc(OC3(c4ccc(Cl)cc4)CCC3)cc2)cc1. The molecule has 3 aromatic rings. The van der Waals surface area contributed by atoms with Gasteiger partial charge < -0.3 is 10.1 Å². The predicted molar refractivity (Wildman–Crippen MR) is 131 cm³/mol. The minimum Gasteiger partial charge on any atom is -0.483 e. The minimum atomic E-state index is -3.25. The maximum atomic E-state index is 12.4. The lowest BCUT2D eigenvalue weighted by molar-refractivity contribution is -0.115. The second kappa shape index (κ2) is 9.57. The molecule has 0 radical (unpaired) electrons. The average molecular weight is 484 g/mol. The van der Waals surface area contributed by atoms with E-state index in [9.17, 15) is 13.2 Å². The summed E-state index contributed by atoms with van der Waals surface area (Å²) in [6, 6.07) is 21.6. The summed E-state index contributed by atoms with van der Waals surface area (Å²) in [6.45, 7) is 1.61. The smallest absolute Gasteiger partial charge is 0.228 e. The molecule has 1 fully saturated rings. The standard InChI is InChI=1S/C26H26ClNO4S/c1-2-33(30,31)24-14-4-19(5-15-24)18-25(29)28-22-10-12-23(13-11-22)32-26(16-3-17-26)20-6-8-21(27)9-7-20/h4-15H,2-3,16-18H2,1H3,(H,28,29). The van der Waals surface area contributed by atoms with Gasteiger partial charge in [-0.3, -0.25) is 4.79 Å². The van der Waals surface area contributed by atoms with Crippen molar-refractivity contribution in [3.05, 3.63) is 88.9 Å².